The largest absolute Gasteiger partial charge is 0.380 e. The smallest absolute Gasteiger partial charge is 0.0593 e. The highest BCUT2D eigenvalue weighted by atomic mass is 16.5. The van der Waals surface area contributed by atoms with Gasteiger partial charge in [0, 0.05) is 13.2 Å². The molecule has 0 saturated carbocycles. The van der Waals surface area contributed by atoms with Gasteiger partial charge in [0.25, 0.3) is 0 Å². The van der Waals surface area contributed by atoms with Crippen LogP contribution in [0.2, 0.25) is 0 Å². The molecule has 0 aliphatic rings. The topological polar surface area (TPSA) is 38.5 Å². The first-order valence-corrected chi connectivity index (χ1v) is 6.27. The Labute approximate surface area is 95.0 Å². The van der Waals surface area contributed by atoms with Crippen LogP contribution in [0.15, 0.2) is 0 Å². The van der Waals surface area contributed by atoms with Gasteiger partial charge in [0.15, 0.2) is 0 Å². The summed E-state index contributed by atoms with van der Waals surface area (Å²) in [5.74, 6) is 0. The van der Waals surface area contributed by atoms with E-state index in [2.05, 4.69) is 11.9 Å². The number of nitrogens with zero attached hydrogens (tertiary/aromatic N) is 1. The van der Waals surface area contributed by atoms with E-state index in [9.17, 15) is 0 Å². The number of rotatable bonds is 11. The molecule has 0 unspecified atom stereocenters. The van der Waals surface area contributed by atoms with Crippen molar-refractivity contribution in [1.29, 1.82) is 0 Å². The van der Waals surface area contributed by atoms with E-state index in [1.165, 1.54) is 38.6 Å². The number of nitrogens with two attached hydrogens (primary N) is 1. The van der Waals surface area contributed by atoms with E-state index in [1.807, 2.05) is 6.92 Å². The lowest BCUT2D eigenvalue weighted by Crippen LogP contribution is -2.24. The van der Waals surface area contributed by atoms with E-state index in [4.69, 9.17) is 10.5 Å². The Morgan fingerprint density at radius 2 is 1.67 bits per heavy atom. The summed E-state index contributed by atoms with van der Waals surface area (Å²) in [6.45, 7) is 6.81. The van der Waals surface area contributed by atoms with Gasteiger partial charge in [-0.1, -0.05) is 19.3 Å². The lowest BCUT2D eigenvalue weighted by molar-refractivity contribution is 0.121. The van der Waals surface area contributed by atoms with Crippen LogP contribution >= 0.6 is 0 Å². The van der Waals surface area contributed by atoms with Gasteiger partial charge in [-0.3, -0.25) is 0 Å². The van der Waals surface area contributed by atoms with Gasteiger partial charge in [0.2, 0.25) is 0 Å². The molecule has 0 fully saturated rings. The first-order valence-electron chi connectivity index (χ1n) is 6.27. The van der Waals surface area contributed by atoms with Gasteiger partial charge in [-0.25, -0.2) is 0 Å². The molecular weight excluding hydrogens is 188 g/mol. The van der Waals surface area contributed by atoms with E-state index >= 15 is 0 Å². The minimum atomic E-state index is 0.826. The van der Waals surface area contributed by atoms with Crippen molar-refractivity contribution in [2.24, 2.45) is 5.73 Å². The SMILES string of the molecule is CCOCCN(C)CCCCCCCN. The summed E-state index contributed by atoms with van der Waals surface area (Å²) in [6.07, 6.45) is 6.43. The third kappa shape index (κ3) is 11.8. The summed E-state index contributed by atoms with van der Waals surface area (Å²) >= 11 is 0. The lowest BCUT2D eigenvalue weighted by Gasteiger charge is -2.15. The average molecular weight is 216 g/mol. The number of hydrogen-bond acceptors (Lipinski definition) is 3. The molecule has 0 bridgehead atoms. The zero-order valence-electron chi connectivity index (χ0n) is 10.5. The number of unbranched alkanes of at least 4 members (excludes halogenated alkanes) is 4. The van der Waals surface area contributed by atoms with E-state index in [-0.39, 0.29) is 0 Å². The number of likely N-dealkylation sites (N-methyl/N-ethyl adjacent to an activating group) is 1. The Morgan fingerprint density at radius 1 is 1.00 bits per heavy atom. The molecule has 0 heterocycles. The van der Waals surface area contributed by atoms with Crippen LogP contribution in [0.4, 0.5) is 0 Å². The number of hydrogen-bond donors (Lipinski definition) is 1. The third-order valence-electron chi connectivity index (χ3n) is 2.57. The highest BCUT2D eigenvalue weighted by Crippen LogP contribution is 2.02. The lowest BCUT2D eigenvalue weighted by atomic mass is 10.1. The quantitative estimate of drug-likeness (QED) is 0.536. The molecule has 0 amide bonds. The standard InChI is InChI=1S/C12H28N2O/c1-3-15-12-11-14(2)10-8-6-4-5-7-9-13/h3-13H2,1-2H3. The molecule has 0 radical (unpaired) electrons. The minimum Gasteiger partial charge on any atom is -0.380 e. The van der Waals surface area contributed by atoms with Crippen molar-refractivity contribution >= 4 is 0 Å². The second kappa shape index (κ2) is 12.0. The van der Waals surface area contributed by atoms with Gasteiger partial charge < -0.3 is 15.4 Å². The fourth-order valence-corrected chi connectivity index (χ4v) is 1.53. The maximum absolute atomic E-state index is 5.44. The monoisotopic (exact) mass is 216 g/mol. The third-order valence-corrected chi connectivity index (χ3v) is 2.57. The van der Waals surface area contributed by atoms with Gasteiger partial charge in [-0.15, -0.1) is 0 Å². The summed E-state index contributed by atoms with van der Waals surface area (Å²) in [7, 11) is 2.17. The molecule has 0 aromatic rings. The molecule has 0 saturated heterocycles. The van der Waals surface area contributed by atoms with Crippen LogP contribution in [0.3, 0.4) is 0 Å². The Hall–Kier alpha value is -0.120. The predicted molar refractivity (Wildman–Crippen MR) is 66.1 cm³/mol. The summed E-state index contributed by atoms with van der Waals surface area (Å²) in [4.78, 5) is 2.35. The van der Waals surface area contributed by atoms with Crippen molar-refractivity contribution in [2.75, 3.05) is 39.9 Å². The Morgan fingerprint density at radius 3 is 2.33 bits per heavy atom. The molecule has 0 rings (SSSR count). The molecule has 0 aromatic carbocycles. The van der Waals surface area contributed by atoms with Crippen LogP contribution in [-0.4, -0.2) is 44.8 Å². The molecule has 15 heavy (non-hydrogen) atoms. The zero-order valence-corrected chi connectivity index (χ0v) is 10.5. The Kier molecular flexibility index (Phi) is 11.9. The summed E-state index contributed by atoms with van der Waals surface area (Å²) in [6, 6.07) is 0. The second-order valence-electron chi connectivity index (χ2n) is 4.06. The van der Waals surface area contributed by atoms with Crippen molar-refractivity contribution in [1.82, 2.24) is 4.90 Å². The maximum Gasteiger partial charge on any atom is 0.0593 e. The van der Waals surface area contributed by atoms with Gasteiger partial charge >= 0.3 is 0 Å². The molecule has 0 aromatic heterocycles. The van der Waals surface area contributed by atoms with Crippen LogP contribution in [0.1, 0.15) is 39.0 Å². The van der Waals surface area contributed by atoms with E-state index in [1.54, 1.807) is 0 Å². The van der Waals surface area contributed by atoms with E-state index in [0.717, 1.165) is 26.3 Å². The molecule has 3 heteroatoms. The molecule has 0 atom stereocenters. The normalized spacial score (nSPS) is 11.2. The van der Waals surface area contributed by atoms with Crippen molar-refractivity contribution in [3.8, 4) is 0 Å². The van der Waals surface area contributed by atoms with Crippen LogP contribution < -0.4 is 5.73 Å². The Bertz CT molecular complexity index is 120. The van der Waals surface area contributed by atoms with Gasteiger partial charge in [-0.05, 0) is 39.9 Å². The van der Waals surface area contributed by atoms with Crippen LogP contribution in [-0.2, 0) is 4.74 Å². The van der Waals surface area contributed by atoms with Gasteiger partial charge in [0.1, 0.15) is 0 Å². The van der Waals surface area contributed by atoms with Gasteiger partial charge in [0.05, 0.1) is 6.61 Å². The fraction of sp³-hybridized carbons (Fsp3) is 1.00. The van der Waals surface area contributed by atoms with Gasteiger partial charge in [-0.2, -0.15) is 0 Å². The van der Waals surface area contributed by atoms with Crippen LogP contribution in [0, 0.1) is 0 Å². The molecule has 0 aliphatic heterocycles. The molecule has 0 spiro atoms. The highest BCUT2D eigenvalue weighted by Gasteiger charge is 1.97. The molecule has 2 N–H and O–H groups in total. The van der Waals surface area contributed by atoms with Crippen molar-refractivity contribution in [3.05, 3.63) is 0 Å². The Balaban J connectivity index is 3.06. The summed E-state index contributed by atoms with van der Waals surface area (Å²) in [5.41, 5.74) is 5.44. The van der Waals surface area contributed by atoms with Crippen LogP contribution in [0.5, 0.6) is 0 Å². The average Bonchev–Trinajstić information content (AvgIpc) is 2.23. The molecular formula is C12H28N2O. The maximum atomic E-state index is 5.44. The number of ether oxygens (including phenoxy) is 1. The van der Waals surface area contributed by atoms with Crippen molar-refractivity contribution in [2.45, 2.75) is 39.0 Å². The van der Waals surface area contributed by atoms with Crippen LogP contribution in [0.25, 0.3) is 0 Å². The predicted octanol–water partition coefficient (Wildman–Crippen LogP) is 1.86. The van der Waals surface area contributed by atoms with E-state index in [0.29, 0.717) is 0 Å². The first-order chi connectivity index (χ1) is 7.31. The summed E-state index contributed by atoms with van der Waals surface area (Å²) in [5, 5.41) is 0. The van der Waals surface area contributed by atoms with E-state index < -0.39 is 0 Å². The second-order valence-corrected chi connectivity index (χ2v) is 4.06. The minimum absolute atomic E-state index is 0.826. The molecule has 3 nitrogen and oxygen atoms in total. The van der Waals surface area contributed by atoms with Crippen molar-refractivity contribution < 1.29 is 4.74 Å². The zero-order chi connectivity index (χ0) is 11.4. The fourth-order valence-electron chi connectivity index (χ4n) is 1.53. The summed E-state index contributed by atoms with van der Waals surface area (Å²) < 4.78 is 5.31. The highest BCUT2D eigenvalue weighted by molar-refractivity contribution is 4.52. The molecule has 0 aliphatic carbocycles. The van der Waals surface area contributed by atoms with Crippen molar-refractivity contribution in [3.63, 3.8) is 0 Å². The molecule has 92 valence electrons. The first kappa shape index (κ1) is 14.9.